The van der Waals surface area contributed by atoms with Gasteiger partial charge in [0, 0.05) is 36.8 Å². The first-order valence-electron chi connectivity index (χ1n) is 6.24. The maximum atomic E-state index is 12.4. The molecule has 0 amide bonds. The van der Waals surface area contributed by atoms with E-state index in [0.29, 0.717) is 5.02 Å². The van der Waals surface area contributed by atoms with Crippen molar-refractivity contribution in [2.24, 2.45) is 0 Å². The third kappa shape index (κ3) is 2.94. The van der Waals surface area contributed by atoms with E-state index in [9.17, 15) is 4.79 Å². The molecule has 2 rings (SSSR count). The van der Waals surface area contributed by atoms with Gasteiger partial charge < -0.3 is 4.90 Å². The van der Waals surface area contributed by atoms with Crippen LogP contribution in [-0.4, -0.2) is 24.8 Å². The van der Waals surface area contributed by atoms with Crippen LogP contribution < -0.4 is 0 Å². The van der Waals surface area contributed by atoms with Gasteiger partial charge >= 0.3 is 0 Å². The second-order valence-corrected chi connectivity index (χ2v) is 5.42. The molecule has 1 unspecified atom stereocenters. The molecule has 1 aromatic carbocycles. The Morgan fingerprint density at radius 2 is 1.94 bits per heavy atom. The number of rotatable bonds is 2. The van der Waals surface area contributed by atoms with Gasteiger partial charge in [0.15, 0.2) is 5.78 Å². The summed E-state index contributed by atoms with van der Waals surface area (Å²) in [5.74, 6) is 0.263. The summed E-state index contributed by atoms with van der Waals surface area (Å²) in [6, 6.07) is 7.63. The van der Waals surface area contributed by atoms with Crippen molar-refractivity contribution in [2.75, 3.05) is 14.1 Å². The van der Waals surface area contributed by atoms with Crippen LogP contribution in [0.2, 0.25) is 5.02 Å². The Morgan fingerprint density at radius 3 is 2.56 bits per heavy atom. The van der Waals surface area contributed by atoms with Crippen LogP contribution in [0, 0.1) is 0 Å². The smallest absolute Gasteiger partial charge is 0.167 e. The zero-order valence-corrected chi connectivity index (χ0v) is 11.6. The van der Waals surface area contributed by atoms with E-state index in [1.54, 1.807) is 0 Å². The molecule has 0 bridgehead atoms. The van der Waals surface area contributed by atoms with Crippen molar-refractivity contribution in [2.45, 2.75) is 25.2 Å². The van der Waals surface area contributed by atoms with Crippen molar-refractivity contribution < 1.29 is 4.79 Å². The topological polar surface area (TPSA) is 20.3 Å². The van der Waals surface area contributed by atoms with Gasteiger partial charge in [0.2, 0.25) is 0 Å². The number of ketones is 1. The number of nitrogens with zero attached hydrogens (tertiary/aromatic N) is 1. The molecule has 0 aromatic heterocycles. The number of hydrogen-bond donors (Lipinski definition) is 0. The van der Waals surface area contributed by atoms with Gasteiger partial charge in [-0.25, -0.2) is 0 Å². The van der Waals surface area contributed by atoms with E-state index in [2.05, 4.69) is 0 Å². The molecule has 0 spiro atoms. The highest BCUT2D eigenvalue weighted by atomic mass is 35.5. The molecule has 0 saturated heterocycles. The third-order valence-electron chi connectivity index (χ3n) is 3.26. The molecule has 1 saturated carbocycles. The molecule has 96 valence electrons. The van der Waals surface area contributed by atoms with Crippen LogP contribution in [0.3, 0.4) is 0 Å². The standard InChI is InChI=1S/C15H18ClNO/c1-17(2)10-12-4-3-5-14(15(12)18)11-6-8-13(16)9-7-11/h6-10,14H,3-5H2,1-2H3. The van der Waals surface area contributed by atoms with Gasteiger partial charge in [-0.3, -0.25) is 4.79 Å². The van der Waals surface area contributed by atoms with E-state index in [1.165, 1.54) is 0 Å². The van der Waals surface area contributed by atoms with E-state index in [4.69, 9.17) is 11.6 Å². The van der Waals surface area contributed by atoms with Gasteiger partial charge in [-0.2, -0.15) is 0 Å². The number of benzene rings is 1. The Balaban J connectivity index is 2.23. The highest BCUT2D eigenvalue weighted by molar-refractivity contribution is 6.30. The molecule has 1 atom stereocenters. The largest absolute Gasteiger partial charge is 0.383 e. The lowest BCUT2D eigenvalue weighted by Gasteiger charge is -2.24. The molecular weight excluding hydrogens is 246 g/mol. The summed E-state index contributed by atoms with van der Waals surface area (Å²) in [7, 11) is 3.90. The summed E-state index contributed by atoms with van der Waals surface area (Å²) < 4.78 is 0. The van der Waals surface area contributed by atoms with E-state index < -0.39 is 0 Å². The van der Waals surface area contributed by atoms with Gasteiger partial charge in [0.1, 0.15) is 0 Å². The first-order chi connectivity index (χ1) is 8.58. The Hall–Kier alpha value is -1.28. The second-order valence-electron chi connectivity index (χ2n) is 4.98. The minimum Gasteiger partial charge on any atom is -0.383 e. The first kappa shape index (κ1) is 13.2. The quantitative estimate of drug-likeness (QED) is 0.760. The highest BCUT2D eigenvalue weighted by Crippen LogP contribution is 2.33. The van der Waals surface area contributed by atoms with Crippen molar-refractivity contribution in [3.63, 3.8) is 0 Å². The number of hydrogen-bond acceptors (Lipinski definition) is 2. The monoisotopic (exact) mass is 263 g/mol. The fourth-order valence-electron chi connectivity index (χ4n) is 2.43. The lowest BCUT2D eigenvalue weighted by Crippen LogP contribution is -2.21. The molecule has 1 aliphatic rings. The number of halogens is 1. The average Bonchev–Trinajstić information content (AvgIpc) is 2.33. The molecule has 2 nitrogen and oxygen atoms in total. The van der Waals surface area contributed by atoms with Crippen molar-refractivity contribution in [1.29, 1.82) is 0 Å². The van der Waals surface area contributed by atoms with Crippen molar-refractivity contribution >= 4 is 17.4 Å². The number of allylic oxidation sites excluding steroid dienone is 1. The summed E-state index contributed by atoms with van der Waals surface area (Å²) in [6.45, 7) is 0. The van der Waals surface area contributed by atoms with Crippen molar-refractivity contribution in [3.8, 4) is 0 Å². The van der Waals surface area contributed by atoms with Gasteiger partial charge in [-0.15, -0.1) is 0 Å². The predicted molar refractivity (Wildman–Crippen MR) is 74.8 cm³/mol. The zero-order valence-electron chi connectivity index (χ0n) is 10.8. The maximum Gasteiger partial charge on any atom is 0.167 e. The van der Waals surface area contributed by atoms with Gasteiger partial charge in [-0.1, -0.05) is 23.7 Å². The molecule has 0 N–H and O–H groups in total. The molecule has 1 aliphatic carbocycles. The summed E-state index contributed by atoms with van der Waals surface area (Å²) >= 11 is 5.88. The number of carbonyl (C=O) groups is 1. The summed E-state index contributed by atoms with van der Waals surface area (Å²) in [5.41, 5.74) is 2.01. The first-order valence-corrected chi connectivity index (χ1v) is 6.62. The van der Waals surface area contributed by atoms with Crippen LogP contribution in [0.5, 0.6) is 0 Å². The molecule has 0 heterocycles. The van der Waals surface area contributed by atoms with Crippen LogP contribution in [0.15, 0.2) is 36.0 Å². The van der Waals surface area contributed by atoms with E-state index in [0.717, 1.165) is 30.4 Å². The maximum absolute atomic E-state index is 12.4. The normalized spacial score (nSPS) is 22.3. The SMILES string of the molecule is CN(C)C=C1CCCC(c2ccc(Cl)cc2)C1=O. The Labute approximate surface area is 113 Å². The van der Waals surface area contributed by atoms with Crippen LogP contribution >= 0.6 is 11.6 Å². The average molecular weight is 264 g/mol. The number of carbonyl (C=O) groups excluding carboxylic acids is 1. The summed E-state index contributed by atoms with van der Waals surface area (Å²) in [5, 5.41) is 0.714. The van der Waals surface area contributed by atoms with Gasteiger partial charge in [0.05, 0.1) is 0 Å². The predicted octanol–water partition coefficient (Wildman–Crippen LogP) is 3.62. The van der Waals surface area contributed by atoms with Crippen molar-refractivity contribution in [1.82, 2.24) is 4.90 Å². The third-order valence-corrected chi connectivity index (χ3v) is 3.51. The molecule has 3 heteroatoms. The molecular formula is C15H18ClNO. The van der Waals surface area contributed by atoms with Crippen LogP contribution in [0.25, 0.3) is 0 Å². The Bertz CT molecular complexity index is 462. The molecule has 1 fully saturated rings. The lowest BCUT2D eigenvalue weighted by molar-refractivity contribution is -0.118. The molecule has 18 heavy (non-hydrogen) atoms. The Kier molecular flexibility index (Phi) is 4.07. The minimum atomic E-state index is 0.00205. The Morgan fingerprint density at radius 1 is 1.28 bits per heavy atom. The summed E-state index contributed by atoms with van der Waals surface area (Å²) in [6.07, 6.45) is 4.84. The van der Waals surface area contributed by atoms with E-state index in [1.807, 2.05) is 49.5 Å². The van der Waals surface area contributed by atoms with E-state index in [-0.39, 0.29) is 11.7 Å². The molecule has 0 aliphatic heterocycles. The fourth-order valence-corrected chi connectivity index (χ4v) is 2.55. The second kappa shape index (κ2) is 5.57. The molecule has 1 aromatic rings. The van der Waals surface area contributed by atoms with Crippen LogP contribution in [-0.2, 0) is 4.79 Å². The lowest BCUT2D eigenvalue weighted by atomic mass is 9.80. The zero-order chi connectivity index (χ0) is 13.1. The fraction of sp³-hybridized carbons (Fsp3) is 0.400. The van der Waals surface area contributed by atoms with Gasteiger partial charge in [0.25, 0.3) is 0 Å². The minimum absolute atomic E-state index is 0.00205. The van der Waals surface area contributed by atoms with E-state index >= 15 is 0 Å². The van der Waals surface area contributed by atoms with Crippen LogP contribution in [0.1, 0.15) is 30.7 Å². The number of Topliss-reactive ketones (excluding diaryl/α,β-unsaturated/α-hetero) is 1. The van der Waals surface area contributed by atoms with Crippen LogP contribution in [0.4, 0.5) is 0 Å². The summed E-state index contributed by atoms with van der Waals surface area (Å²) in [4.78, 5) is 14.4. The van der Waals surface area contributed by atoms with Crippen molar-refractivity contribution in [3.05, 3.63) is 46.6 Å². The van der Waals surface area contributed by atoms with Gasteiger partial charge in [-0.05, 0) is 37.0 Å². The molecule has 0 radical (unpaired) electrons. The highest BCUT2D eigenvalue weighted by Gasteiger charge is 2.27.